The minimum absolute atomic E-state index is 0.550. The standard InChI is InChI=1S/C15H21NO3/c17-15(5-1-7-16-11-15)6-4-12-2-3-13-14(10-12)19-9-8-18-13/h2-3,10,16-17H,1,4-9,11H2. The first-order chi connectivity index (χ1) is 9.25. The Morgan fingerprint density at radius 3 is 2.84 bits per heavy atom. The van der Waals surface area contributed by atoms with Gasteiger partial charge < -0.3 is 19.9 Å². The monoisotopic (exact) mass is 263 g/mol. The van der Waals surface area contributed by atoms with Gasteiger partial charge in [-0.15, -0.1) is 0 Å². The lowest BCUT2D eigenvalue weighted by molar-refractivity contribution is 0.00886. The minimum atomic E-state index is -0.550. The molecule has 0 aromatic heterocycles. The summed E-state index contributed by atoms with van der Waals surface area (Å²) in [5.74, 6) is 1.66. The van der Waals surface area contributed by atoms with Crippen molar-refractivity contribution in [2.24, 2.45) is 0 Å². The predicted molar refractivity (Wildman–Crippen MR) is 72.8 cm³/mol. The molecule has 1 aromatic carbocycles. The van der Waals surface area contributed by atoms with Gasteiger partial charge in [-0.3, -0.25) is 0 Å². The van der Waals surface area contributed by atoms with Crippen LogP contribution in [0.25, 0.3) is 0 Å². The van der Waals surface area contributed by atoms with Crippen molar-refractivity contribution < 1.29 is 14.6 Å². The summed E-state index contributed by atoms with van der Waals surface area (Å²) in [5.41, 5.74) is 0.647. The molecule has 2 aliphatic heterocycles. The first kappa shape index (κ1) is 12.8. The minimum Gasteiger partial charge on any atom is -0.486 e. The Bertz CT molecular complexity index is 441. The molecule has 104 valence electrons. The Morgan fingerprint density at radius 2 is 2.05 bits per heavy atom. The molecule has 2 heterocycles. The normalized spacial score (nSPS) is 26.2. The maximum Gasteiger partial charge on any atom is 0.161 e. The van der Waals surface area contributed by atoms with Crippen molar-refractivity contribution >= 4 is 0 Å². The van der Waals surface area contributed by atoms with Gasteiger partial charge in [-0.25, -0.2) is 0 Å². The molecule has 1 fully saturated rings. The Balaban J connectivity index is 1.63. The fourth-order valence-corrected chi connectivity index (χ4v) is 2.79. The zero-order valence-electron chi connectivity index (χ0n) is 11.2. The zero-order chi connectivity index (χ0) is 13.1. The van der Waals surface area contributed by atoms with E-state index in [4.69, 9.17) is 9.47 Å². The Labute approximate surface area is 113 Å². The molecule has 19 heavy (non-hydrogen) atoms. The van der Waals surface area contributed by atoms with Crippen molar-refractivity contribution in [2.75, 3.05) is 26.3 Å². The smallest absolute Gasteiger partial charge is 0.161 e. The van der Waals surface area contributed by atoms with E-state index in [9.17, 15) is 5.11 Å². The zero-order valence-corrected chi connectivity index (χ0v) is 11.2. The number of benzene rings is 1. The lowest BCUT2D eigenvalue weighted by Crippen LogP contribution is -2.45. The number of aryl methyl sites for hydroxylation is 1. The summed E-state index contributed by atoms with van der Waals surface area (Å²) in [6, 6.07) is 6.06. The summed E-state index contributed by atoms with van der Waals surface area (Å²) < 4.78 is 11.1. The molecule has 0 amide bonds. The summed E-state index contributed by atoms with van der Waals surface area (Å²) >= 11 is 0. The second-order valence-corrected chi connectivity index (χ2v) is 5.48. The molecule has 3 rings (SSSR count). The van der Waals surface area contributed by atoms with Gasteiger partial charge in [-0.1, -0.05) is 6.07 Å². The van der Waals surface area contributed by atoms with E-state index in [0.29, 0.717) is 19.8 Å². The highest BCUT2D eigenvalue weighted by Gasteiger charge is 2.28. The van der Waals surface area contributed by atoms with E-state index < -0.39 is 5.60 Å². The van der Waals surface area contributed by atoms with Gasteiger partial charge in [-0.05, 0) is 49.9 Å². The lowest BCUT2D eigenvalue weighted by atomic mass is 9.88. The van der Waals surface area contributed by atoms with Gasteiger partial charge in [0.25, 0.3) is 0 Å². The molecule has 1 atom stereocenters. The highest BCUT2D eigenvalue weighted by Crippen LogP contribution is 2.32. The molecule has 0 aliphatic carbocycles. The number of rotatable bonds is 3. The maximum absolute atomic E-state index is 10.5. The molecule has 1 unspecified atom stereocenters. The lowest BCUT2D eigenvalue weighted by Gasteiger charge is -2.32. The second kappa shape index (κ2) is 5.39. The molecule has 0 bridgehead atoms. The number of ether oxygens (including phenoxy) is 2. The third kappa shape index (κ3) is 3.01. The molecule has 4 nitrogen and oxygen atoms in total. The SMILES string of the molecule is OC1(CCc2ccc3c(c2)OCCO3)CCCNC1. The van der Waals surface area contributed by atoms with E-state index in [1.807, 2.05) is 12.1 Å². The van der Waals surface area contributed by atoms with Crippen LogP contribution in [0.4, 0.5) is 0 Å². The van der Waals surface area contributed by atoms with E-state index >= 15 is 0 Å². The molecule has 2 aliphatic rings. The van der Waals surface area contributed by atoms with Crippen molar-refractivity contribution in [1.29, 1.82) is 0 Å². The van der Waals surface area contributed by atoms with Gasteiger partial charge >= 0.3 is 0 Å². The van der Waals surface area contributed by atoms with Crippen LogP contribution >= 0.6 is 0 Å². The van der Waals surface area contributed by atoms with Gasteiger partial charge in [0, 0.05) is 6.54 Å². The number of hydrogen-bond acceptors (Lipinski definition) is 4. The maximum atomic E-state index is 10.5. The molecule has 0 radical (unpaired) electrons. The van der Waals surface area contributed by atoms with Crippen LogP contribution in [0.3, 0.4) is 0 Å². The van der Waals surface area contributed by atoms with Gasteiger partial charge in [-0.2, -0.15) is 0 Å². The summed E-state index contributed by atoms with van der Waals surface area (Å²) in [4.78, 5) is 0. The summed E-state index contributed by atoms with van der Waals surface area (Å²) in [5, 5.41) is 13.7. The number of hydrogen-bond donors (Lipinski definition) is 2. The van der Waals surface area contributed by atoms with E-state index in [2.05, 4.69) is 11.4 Å². The fourth-order valence-electron chi connectivity index (χ4n) is 2.79. The van der Waals surface area contributed by atoms with Crippen molar-refractivity contribution in [1.82, 2.24) is 5.32 Å². The van der Waals surface area contributed by atoms with Crippen LogP contribution in [0.5, 0.6) is 11.5 Å². The van der Waals surface area contributed by atoms with Crippen LogP contribution in [0, 0.1) is 0 Å². The number of β-amino-alcohol motifs (C(OH)–C–C–N with tert-alkyl or cyclic N) is 1. The van der Waals surface area contributed by atoms with Crippen LogP contribution in [-0.4, -0.2) is 37.0 Å². The Kier molecular flexibility index (Phi) is 3.62. The summed E-state index contributed by atoms with van der Waals surface area (Å²) in [6.07, 6.45) is 3.61. The summed E-state index contributed by atoms with van der Waals surface area (Å²) in [7, 11) is 0. The number of fused-ring (bicyclic) bond motifs is 1. The number of aliphatic hydroxyl groups is 1. The highest BCUT2D eigenvalue weighted by molar-refractivity contribution is 5.43. The average molecular weight is 263 g/mol. The van der Waals surface area contributed by atoms with Gasteiger partial charge in [0.05, 0.1) is 5.60 Å². The molecule has 0 saturated carbocycles. The van der Waals surface area contributed by atoms with E-state index in [-0.39, 0.29) is 0 Å². The van der Waals surface area contributed by atoms with Gasteiger partial charge in [0.1, 0.15) is 13.2 Å². The van der Waals surface area contributed by atoms with Crippen molar-refractivity contribution in [3.63, 3.8) is 0 Å². The molecule has 2 N–H and O–H groups in total. The van der Waals surface area contributed by atoms with Crippen LogP contribution in [-0.2, 0) is 6.42 Å². The van der Waals surface area contributed by atoms with Crippen LogP contribution in [0.2, 0.25) is 0 Å². The van der Waals surface area contributed by atoms with Crippen molar-refractivity contribution in [2.45, 2.75) is 31.3 Å². The molecule has 1 saturated heterocycles. The molecule has 0 spiro atoms. The quantitative estimate of drug-likeness (QED) is 0.868. The molecular formula is C15H21NO3. The van der Waals surface area contributed by atoms with Crippen molar-refractivity contribution in [3.05, 3.63) is 23.8 Å². The fraction of sp³-hybridized carbons (Fsp3) is 0.600. The Hall–Kier alpha value is -1.26. The van der Waals surface area contributed by atoms with Crippen LogP contribution in [0.15, 0.2) is 18.2 Å². The van der Waals surface area contributed by atoms with Crippen molar-refractivity contribution in [3.8, 4) is 11.5 Å². The van der Waals surface area contributed by atoms with E-state index in [1.54, 1.807) is 0 Å². The first-order valence-electron chi connectivity index (χ1n) is 7.07. The van der Waals surface area contributed by atoms with Gasteiger partial charge in [0.2, 0.25) is 0 Å². The van der Waals surface area contributed by atoms with E-state index in [0.717, 1.165) is 43.7 Å². The topological polar surface area (TPSA) is 50.7 Å². The Morgan fingerprint density at radius 1 is 1.21 bits per heavy atom. The van der Waals surface area contributed by atoms with Crippen LogP contribution in [0.1, 0.15) is 24.8 Å². The first-order valence-corrected chi connectivity index (χ1v) is 7.07. The molecular weight excluding hydrogens is 242 g/mol. The average Bonchev–Trinajstić information content (AvgIpc) is 2.46. The number of nitrogens with one attached hydrogen (secondary N) is 1. The summed E-state index contributed by atoms with van der Waals surface area (Å²) in [6.45, 7) is 2.96. The third-order valence-corrected chi connectivity index (χ3v) is 3.94. The number of piperidine rings is 1. The third-order valence-electron chi connectivity index (χ3n) is 3.94. The predicted octanol–water partition coefficient (Wildman–Crippen LogP) is 1.50. The molecule has 1 aromatic rings. The van der Waals surface area contributed by atoms with E-state index in [1.165, 1.54) is 5.56 Å². The second-order valence-electron chi connectivity index (χ2n) is 5.48. The highest BCUT2D eigenvalue weighted by atomic mass is 16.6. The van der Waals surface area contributed by atoms with Crippen LogP contribution < -0.4 is 14.8 Å². The molecule has 4 heteroatoms. The largest absolute Gasteiger partial charge is 0.486 e. The van der Waals surface area contributed by atoms with Gasteiger partial charge in [0.15, 0.2) is 11.5 Å².